The van der Waals surface area contributed by atoms with E-state index < -0.39 is 0 Å². The fraction of sp³-hybridized carbons (Fsp3) is 0.0169. The van der Waals surface area contributed by atoms with Gasteiger partial charge in [0, 0.05) is 16.7 Å². The summed E-state index contributed by atoms with van der Waals surface area (Å²) in [7, 11) is 0. The Hall–Kier alpha value is -7.94. The summed E-state index contributed by atoms with van der Waals surface area (Å²) in [5, 5.41) is 0. The molecule has 0 atom stereocenters. The average molecular weight is 775 g/mol. The molecule has 1 aromatic heterocycles. The minimum absolute atomic E-state index is 0.333. The van der Waals surface area contributed by atoms with Crippen molar-refractivity contribution in [3.05, 3.63) is 253 Å². The predicted octanol–water partition coefficient (Wildman–Crippen LogP) is 14.8. The highest BCUT2D eigenvalue weighted by molar-refractivity contribution is 5.96. The van der Waals surface area contributed by atoms with Crippen LogP contribution in [0.5, 0.6) is 0 Å². The molecule has 0 unspecified atom stereocenters. The molecule has 1 heterocycles. The van der Waals surface area contributed by atoms with E-state index in [2.05, 4.69) is 218 Å². The quantitative estimate of drug-likeness (QED) is 0.168. The first-order valence-corrected chi connectivity index (χ1v) is 21.0. The van der Waals surface area contributed by atoms with Crippen LogP contribution in [-0.4, -0.2) is 9.97 Å². The molecular formula is C59H38N2. The highest BCUT2D eigenvalue weighted by Crippen LogP contribution is 2.63. The third kappa shape index (κ3) is 5.64. The van der Waals surface area contributed by atoms with Crippen LogP contribution in [-0.2, 0) is 5.41 Å². The topological polar surface area (TPSA) is 25.8 Å². The van der Waals surface area contributed by atoms with Gasteiger partial charge in [-0.1, -0.05) is 212 Å². The molecule has 284 valence electrons. The molecule has 2 aliphatic rings. The van der Waals surface area contributed by atoms with Crippen molar-refractivity contribution < 1.29 is 0 Å². The molecule has 0 bridgehead atoms. The van der Waals surface area contributed by atoms with Gasteiger partial charge in [-0.15, -0.1) is 0 Å². The number of hydrogen-bond donors (Lipinski definition) is 0. The maximum atomic E-state index is 5.14. The highest BCUT2D eigenvalue weighted by Gasteiger charge is 2.51. The third-order valence-electron chi connectivity index (χ3n) is 12.8. The van der Waals surface area contributed by atoms with Crippen LogP contribution in [0.15, 0.2) is 231 Å². The van der Waals surface area contributed by atoms with Gasteiger partial charge < -0.3 is 0 Å². The van der Waals surface area contributed by atoms with Crippen molar-refractivity contribution in [1.82, 2.24) is 9.97 Å². The summed E-state index contributed by atoms with van der Waals surface area (Å²) in [6.45, 7) is 0. The van der Waals surface area contributed by atoms with Gasteiger partial charge in [0.15, 0.2) is 5.82 Å². The van der Waals surface area contributed by atoms with Crippen LogP contribution in [0.25, 0.3) is 89.5 Å². The number of rotatable bonds is 6. The SMILES string of the molecule is c1ccc(-c2ccc(-c3nc(-c4ccccc4)cc(-c4ccc(-c5cccc(-c6ccc7c(c6)-c6ccccc6C76c7ccccc7-c7ccccc76)c5)cc4)n3)cc2)cc1. The molecule has 2 aliphatic carbocycles. The van der Waals surface area contributed by atoms with E-state index in [0.717, 1.165) is 33.6 Å². The summed E-state index contributed by atoms with van der Waals surface area (Å²) in [5.74, 6) is 0.706. The Morgan fingerprint density at radius 3 is 1.18 bits per heavy atom. The van der Waals surface area contributed by atoms with Crippen molar-refractivity contribution in [3.8, 4) is 89.5 Å². The van der Waals surface area contributed by atoms with E-state index in [1.54, 1.807) is 0 Å². The van der Waals surface area contributed by atoms with Gasteiger partial charge >= 0.3 is 0 Å². The van der Waals surface area contributed by atoms with Crippen LogP contribution >= 0.6 is 0 Å². The van der Waals surface area contributed by atoms with Gasteiger partial charge in [-0.3, -0.25) is 0 Å². The number of nitrogens with zero attached hydrogens (tertiary/aromatic N) is 2. The minimum Gasteiger partial charge on any atom is -0.228 e. The van der Waals surface area contributed by atoms with E-state index >= 15 is 0 Å². The van der Waals surface area contributed by atoms with E-state index in [1.165, 1.54) is 72.3 Å². The summed E-state index contributed by atoms with van der Waals surface area (Å²) in [4.78, 5) is 10.2. The molecule has 10 aromatic rings. The molecule has 12 rings (SSSR count). The Morgan fingerprint density at radius 2 is 0.590 bits per heavy atom. The summed E-state index contributed by atoms with van der Waals surface area (Å²) in [5.41, 5.74) is 22.4. The van der Waals surface area contributed by atoms with E-state index in [9.17, 15) is 0 Å². The van der Waals surface area contributed by atoms with E-state index in [0.29, 0.717) is 5.82 Å². The normalized spacial score (nSPS) is 12.7. The zero-order valence-corrected chi connectivity index (χ0v) is 33.3. The first-order chi connectivity index (χ1) is 30.2. The summed E-state index contributed by atoms with van der Waals surface area (Å²) >= 11 is 0. The maximum Gasteiger partial charge on any atom is 0.160 e. The van der Waals surface area contributed by atoms with Crippen LogP contribution in [0.3, 0.4) is 0 Å². The van der Waals surface area contributed by atoms with Gasteiger partial charge in [0.1, 0.15) is 0 Å². The molecule has 9 aromatic carbocycles. The van der Waals surface area contributed by atoms with Crippen molar-refractivity contribution in [3.63, 3.8) is 0 Å². The van der Waals surface area contributed by atoms with Crippen LogP contribution < -0.4 is 0 Å². The van der Waals surface area contributed by atoms with Gasteiger partial charge in [0.25, 0.3) is 0 Å². The second-order valence-corrected chi connectivity index (χ2v) is 16.1. The fourth-order valence-electron chi connectivity index (χ4n) is 9.91. The number of benzene rings is 9. The molecule has 61 heavy (non-hydrogen) atoms. The molecule has 0 aliphatic heterocycles. The van der Waals surface area contributed by atoms with Crippen LogP contribution in [0.4, 0.5) is 0 Å². The monoisotopic (exact) mass is 774 g/mol. The lowest BCUT2D eigenvalue weighted by Gasteiger charge is -2.30. The lowest BCUT2D eigenvalue weighted by Crippen LogP contribution is -2.25. The van der Waals surface area contributed by atoms with Crippen molar-refractivity contribution >= 4 is 0 Å². The molecular weight excluding hydrogens is 737 g/mol. The van der Waals surface area contributed by atoms with Crippen molar-refractivity contribution in [2.24, 2.45) is 0 Å². The lowest BCUT2D eigenvalue weighted by atomic mass is 9.70. The smallest absolute Gasteiger partial charge is 0.160 e. The van der Waals surface area contributed by atoms with E-state index in [4.69, 9.17) is 9.97 Å². The fourth-order valence-corrected chi connectivity index (χ4v) is 9.91. The molecule has 0 saturated carbocycles. The lowest BCUT2D eigenvalue weighted by molar-refractivity contribution is 0.794. The Morgan fingerprint density at radius 1 is 0.230 bits per heavy atom. The molecule has 2 heteroatoms. The summed E-state index contributed by atoms with van der Waals surface area (Å²) < 4.78 is 0. The first-order valence-electron chi connectivity index (χ1n) is 21.0. The van der Waals surface area contributed by atoms with Crippen LogP contribution in [0.1, 0.15) is 22.3 Å². The average Bonchev–Trinajstić information content (AvgIpc) is 3.82. The van der Waals surface area contributed by atoms with Gasteiger partial charge in [0.2, 0.25) is 0 Å². The molecule has 0 fully saturated rings. The van der Waals surface area contributed by atoms with Gasteiger partial charge in [-0.05, 0) is 96.1 Å². The standard InChI is InChI=1S/C59H38N2/c1-3-14-39(15-4-1)40-28-32-44(33-29-40)58-60-56(42-16-5-2-6-17-42)38-57(61-58)43-30-26-41(27-31-43)45-18-13-19-46(36-45)47-34-35-55-51(37-47)50-22-9-12-25-54(50)59(55)52-23-10-7-20-48(52)49-21-8-11-24-53(49)59/h1-38H. The van der Waals surface area contributed by atoms with Crippen molar-refractivity contribution in [1.29, 1.82) is 0 Å². The van der Waals surface area contributed by atoms with E-state index in [1.807, 2.05) is 12.1 Å². The highest BCUT2D eigenvalue weighted by atomic mass is 14.9. The maximum absolute atomic E-state index is 5.14. The largest absolute Gasteiger partial charge is 0.228 e. The second kappa shape index (κ2) is 14.1. The molecule has 0 amide bonds. The molecule has 1 spiro atoms. The second-order valence-electron chi connectivity index (χ2n) is 16.1. The van der Waals surface area contributed by atoms with Crippen molar-refractivity contribution in [2.45, 2.75) is 5.41 Å². The minimum atomic E-state index is -0.333. The zero-order chi connectivity index (χ0) is 40.3. The first kappa shape index (κ1) is 35.0. The van der Waals surface area contributed by atoms with Gasteiger partial charge in [0.05, 0.1) is 16.8 Å². The molecule has 0 N–H and O–H groups in total. The Balaban J connectivity index is 0.895. The third-order valence-corrected chi connectivity index (χ3v) is 12.8. The van der Waals surface area contributed by atoms with Gasteiger partial charge in [-0.2, -0.15) is 0 Å². The number of hydrogen-bond acceptors (Lipinski definition) is 2. The predicted molar refractivity (Wildman–Crippen MR) is 251 cm³/mol. The van der Waals surface area contributed by atoms with E-state index in [-0.39, 0.29) is 5.41 Å². The Bertz CT molecular complexity index is 3230. The molecule has 0 radical (unpaired) electrons. The molecule has 0 saturated heterocycles. The molecule has 2 nitrogen and oxygen atoms in total. The summed E-state index contributed by atoms with van der Waals surface area (Å²) in [6.07, 6.45) is 0. The van der Waals surface area contributed by atoms with Gasteiger partial charge in [-0.25, -0.2) is 9.97 Å². The van der Waals surface area contributed by atoms with Crippen LogP contribution in [0, 0.1) is 0 Å². The Labute approximate surface area is 356 Å². The summed E-state index contributed by atoms with van der Waals surface area (Å²) in [6, 6.07) is 83.3. The van der Waals surface area contributed by atoms with Crippen LogP contribution in [0.2, 0.25) is 0 Å². The zero-order valence-electron chi connectivity index (χ0n) is 33.3. The van der Waals surface area contributed by atoms with Crippen molar-refractivity contribution in [2.75, 3.05) is 0 Å². The number of aromatic nitrogens is 2. The Kier molecular flexibility index (Phi) is 8.11. The number of fused-ring (bicyclic) bond motifs is 10.